The number of nitrogens with two attached hydrogens (primary N) is 1. The molecule has 2 atom stereocenters. The van der Waals surface area contributed by atoms with Crippen LogP contribution in [-0.4, -0.2) is 23.0 Å². The van der Waals surface area contributed by atoms with Crippen molar-refractivity contribution < 1.29 is 14.7 Å². The highest BCUT2D eigenvalue weighted by Gasteiger charge is 2.28. The average molecular weight is 276 g/mol. The van der Waals surface area contributed by atoms with Gasteiger partial charge in [0.25, 0.3) is 0 Å². The predicted octanol–water partition coefficient (Wildman–Crippen LogP) is 2.15. The number of carbonyl (C=O) groups excluding carboxylic acids is 1. The van der Waals surface area contributed by atoms with Gasteiger partial charge in [0, 0.05) is 6.04 Å². The minimum Gasteiger partial charge on any atom is -0.478 e. The van der Waals surface area contributed by atoms with Crippen molar-refractivity contribution in [1.29, 1.82) is 0 Å². The zero-order valence-electron chi connectivity index (χ0n) is 11.6. The lowest BCUT2D eigenvalue weighted by molar-refractivity contribution is -0.121. The Morgan fingerprint density at radius 2 is 2.00 bits per heavy atom. The van der Waals surface area contributed by atoms with Crippen LogP contribution in [0.15, 0.2) is 18.2 Å². The third kappa shape index (κ3) is 3.17. The zero-order chi connectivity index (χ0) is 14.7. The molecule has 0 aromatic heterocycles. The smallest absolute Gasteiger partial charge is 0.337 e. The van der Waals surface area contributed by atoms with Gasteiger partial charge in [-0.3, -0.25) is 4.79 Å². The summed E-state index contributed by atoms with van der Waals surface area (Å²) in [5.74, 6) is -1.45. The maximum absolute atomic E-state index is 12.3. The van der Waals surface area contributed by atoms with Gasteiger partial charge in [-0.2, -0.15) is 0 Å². The lowest BCUT2D eigenvalue weighted by atomic mass is 9.84. The highest BCUT2D eigenvalue weighted by Crippen LogP contribution is 2.25. The van der Waals surface area contributed by atoms with E-state index in [-0.39, 0.29) is 23.4 Å². The van der Waals surface area contributed by atoms with Gasteiger partial charge < -0.3 is 16.2 Å². The minimum absolute atomic E-state index is 0.114. The number of aromatic carboxylic acids is 1. The molecule has 2 unspecified atom stereocenters. The number of hydrogen-bond acceptors (Lipinski definition) is 3. The van der Waals surface area contributed by atoms with Gasteiger partial charge in [0.05, 0.1) is 17.2 Å². The molecule has 1 aliphatic carbocycles. The van der Waals surface area contributed by atoms with Crippen molar-refractivity contribution in [2.24, 2.45) is 11.7 Å². The van der Waals surface area contributed by atoms with Crippen LogP contribution in [0.4, 0.5) is 5.69 Å². The van der Waals surface area contributed by atoms with Gasteiger partial charge in [-0.05, 0) is 31.9 Å². The molecule has 1 aromatic rings. The molecule has 0 radical (unpaired) electrons. The lowest BCUT2D eigenvalue weighted by Gasteiger charge is -2.27. The fourth-order valence-corrected chi connectivity index (χ4v) is 2.65. The first-order valence-corrected chi connectivity index (χ1v) is 6.89. The standard InChI is InChI=1S/C15H20N2O3/c1-9-6-7-13(11(8-9)15(19)20)17-14(18)10-4-2-3-5-12(10)16/h6-8,10,12H,2-5,16H2,1H3,(H,17,18)(H,19,20). The second-order valence-electron chi connectivity index (χ2n) is 5.40. The normalized spacial score (nSPS) is 22.3. The SMILES string of the molecule is Cc1ccc(NC(=O)C2CCCCC2N)c(C(=O)O)c1. The van der Waals surface area contributed by atoms with Crippen molar-refractivity contribution in [3.05, 3.63) is 29.3 Å². The van der Waals surface area contributed by atoms with Crippen LogP contribution in [0.5, 0.6) is 0 Å². The Morgan fingerprint density at radius 3 is 2.65 bits per heavy atom. The summed E-state index contributed by atoms with van der Waals surface area (Å²) in [5, 5.41) is 11.9. The number of benzene rings is 1. The van der Waals surface area contributed by atoms with Crippen LogP contribution in [-0.2, 0) is 4.79 Å². The second kappa shape index (κ2) is 6.05. The van der Waals surface area contributed by atoms with E-state index in [4.69, 9.17) is 5.73 Å². The molecule has 0 spiro atoms. The Hall–Kier alpha value is -1.88. The Labute approximate surface area is 118 Å². The van der Waals surface area contributed by atoms with E-state index in [9.17, 15) is 14.7 Å². The number of nitrogens with one attached hydrogen (secondary N) is 1. The summed E-state index contributed by atoms with van der Waals surface area (Å²) < 4.78 is 0. The van der Waals surface area contributed by atoms with Crippen LogP contribution in [0.25, 0.3) is 0 Å². The quantitative estimate of drug-likeness (QED) is 0.788. The first-order valence-electron chi connectivity index (χ1n) is 6.89. The number of carboxylic acid groups (broad SMARTS) is 1. The molecule has 1 amide bonds. The van der Waals surface area contributed by atoms with Gasteiger partial charge in [-0.1, -0.05) is 24.5 Å². The van der Waals surface area contributed by atoms with E-state index < -0.39 is 5.97 Å². The second-order valence-corrected chi connectivity index (χ2v) is 5.40. The minimum atomic E-state index is -1.04. The maximum atomic E-state index is 12.3. The zero-order valence-corrected chi connectivity index (χ0v) is 11.6. The molecule has 0 heterocycles. The molecule has 0 saturated heterocycles. The summed E-state index contributed by atoms with van der Waals surface area (Å²) in [6.45, 7) is 1.81. The molecular weight excluding hydrogens is 256 g/mol. The monoisotopic (exact) mass is 276 g/mol. The maximum Gasteiger partial charge on any atom is 0.337 e. The number of carboxylic acids is 1. The Kier molecular flexibility index (Phi) is 4.39. The summed E-state index contributed by atoms with van der Waals surface area (Å²) >= 11 is 0. The summed E-state index contributed by atoms with van der Waals surface area (Å²) in [5.41, 5.74) is 7.27. The van der Waals surface area contributed by atoms with Crippen molar-refractivity contribution in [3.63, 3.8) is 0 Å². The van der Waals surface area contributed by atoms with Crippen molar-refractivity contribution in [1.82, 2.24) is 0 Å². The lowest BCUT2D eigenvalue weighted by Crippen LogP contribution is -2.40. The molecule has 1 aromatic carbocycles. The number of anilines is 1. The summed E-state index contributed by atoms with van der Waals surface area (Å²) in [7, 11) is 0. The van der Waals surface area contributed by atoms with Crippen molar-refractivity contribution in [2.75, 3.05) is 5.32 Å². The molecule has 20 heavy (non-hydrogen) atoms. The van der Waals surface area contributed by atoms with Gasteiger partial charge in [-0.25, -0.2) is 4.79 Å². The van der Waals surface area contributed by atoms with Crippen LogP contribution in [0, 0.1) is 12.8 Å². The highest BCUT2D eigenvalue weighted by molar-refractivity contribution is 6.01. The molecule has 4 N–H and O–H groups in total. The van der Waals surface area contributed by atoms with E-state index in [1.54, 1.807) is 18.2 Å². The predicted molar refractivity (Wildman–Crippen MR) is 76.7 cm³/mol. The molecule has 5 heteroatoms. The van der Waals surface area contributed by atoms with Gasteiger partial charge in [-0.15, -0.1) is 0 Å². The van der Waals surface area contributed by atoms with Gasteiger partial charge in [0.1, 0.15) is 0 Å². The fourth-order valence-electron chi connectivity index (χ4n) is 2.65. The summed E-state index contributed by atoms with van der Waals surface area (Å²) in [4.78, 5) is 23.5. The van der Waals surface area contributed by atoms with Gasteiger partial charge in [0.2, 0.25) is 5.91 Å². The number of rotatable bonds is 3. The molecule has 2 rings (SSSR count). The third-order valence-corrected chi connectivity index (χ3v) is 3.82. The highest BCUT2D eigenvalue weighted by atomic mass is 16.4. The third-order valence-electron chi connectivity index (χ3n) is 3.82. The molecule has 0 aliphatic heterocycles. The van der Waals surface area contributed by atoms with Crippen molar-refractivity contribution in [3.8, 4) is 0 Å². The summed E-state index contributed by atoms with van der Waals surface area (Å²) in [6.07, 6.45) is 3.65. The van der Waals surface area contributed by atoms with E-state index in [1.165, 1.54) is 0 Å². The molecular formula is C15H20N2O3. The number of aryl methyl sites for hydroxylation is 1. The Bertz CT molecular complexity index is 528. The molecule has 108 valence electrons. The van der Waals surface area contributed by atoms with Crippen LogP contribution >= 0.6 is 0 Å². The van der Waals surface area contributed by atoms with Gasteiger partial charge >= 0.3 is 5.97 Å². The van der Waals surface area contributed by atoms with Gasteiger partial charge in [0.15, 0.2) is 0 Å². The first kappa shape index (κ1) is 14.5. The molecule has 5 nitrogen and oxygen atoms in total. The summed E-state index contributed by atoms with van der Waals surface area (Å²) in [6, 6.07) is 4.83. The van der Waals surface area contributed by atoms with Crippen LogP contribution < -0.4 is 11.1 Å². The van der Waals surface area contributed by atoms with Crippen LogP contribution in [0.3, 0.4) is 0 Å². The number of amides is 1. The number of carbonyl (C=O) groups is 2. The molecule has 1 saturated carbocycles. The molecule has 0 bridgehead atoms. The average Bonchev–Trinajstić information content (AvgIpc) is 2.41. The Balaban J connectivity index is 2.17. The largest absolute Gasteiger partial charge is 0.478 e. The molecule has 1 fully saturated rings. The van der Waals surface area contributed by atoms with Crippen molar-refractivity contribution >= 4 is 17.6 Å². The van der Waals surface area contributed by atoms with Crippen molar-refractivity contribution in [2.45, 2.75) is 38.6 Å². The van der Waals surface area contributed by atoms with Crippen LogP contribution in [0.2, 0.25) is 0 Å². The van der Waals surface area contributed by atoms with E-state index in [1.807, 2.05) is 6.92 Å². The van der Waals surface area contributed by atoms with E-state index in [0.29, 0.717) is 5.69 Å². The number of hydrogen-bond donors (Lipinski definition) is 3. The van der Waals surface area contributed by atoms with E-state index >= 15 is 0 Å². The first-order chi connectivity index (χ1) is 9.49. The fraction of sp³-hybridized carbons (Fsp3) is 0.467. The van der Waals surface area contributed by atoms with Crippen LogP contribution in [0.1, 0.15) is 41.6 Å². The Morgan fingerprint density at radius 1 is 1.30 bits per heavy atom. The van der Waals surface area contributed by atoms with E-state index in [2.05, 4.69) is 5.32 Å². The topological polar surface area (TPSA) is 92.4 Å². The van der Waals surface area contributed by atoms with E-state index in [0.717, 1.165) is 31.2 Å². The molecule has 1 aliphatic rings.